The standard InChI is InChI=1S/C12H10ClNO3/c1-2-17-12(16)9(7-14)11(15)8-5-3-4-6-10(8)13/h3-6,9H,2H2,1H3. The van der Waals surface area contributed by atoms with Crippen molar-refractivity contribution < 1.29 is 14.3 Å². The normalized spacial score (nSPS) is 11.4. The van der Waals surface area contributed by atoms with Crippen molar-refractivity contribution in [1.29, 1.82) is 5.26 Å². The third kappa shape index (κ3) is 3.05. The van der Waals surface area contributed by atoms with Crippen LogP contribution in [0.1, 0.15) is 17.3 Å². The van der Waals surface area contributed by atoms with E-state index >= 15 is 0 Å². The van der Waals surface area contributed by atoms with Gasteiger partial charge in [-0.1, -0.05) is 23.7 Å². The maximum Gasteiger partial charge on any atom is 0.331 e. The first kappa shape index (κ1) is 13.2. The summed E-state index contributed by atoms with van der Waals surface area (Å²) in [6, 6.07) is 7.89. The van der Waals surface area contributed by atoms with E-state index in [1.165, 1.54) is 12.1 Å². The Morgan fingerprint density at radius 2 is 2.12 bits per heavy atom. The highest BCUT2D eigenvalue weighted by Gasteiger charge is 2.29. The third-order valence-corrected chi connectivity index (χ3v) is 2.38. The Hall–Kier alpha value is -1.86. The smallest absolute Gasteiger partial charge is 0.331 e. The van der Waals surface area contributed by atoms with Crippen molar-refractivity contribution >= 4 is 23.4 Å². The summed E-state index contributed by atoms with van der Waals surface area (Å²) in [4.78, 5) is 23.3. The first-order valence-corrected chi connectivity index (χ1v) is 5.34. The summed E-state index contributed by atoms with van der Waals surface area (Å²) in [5.74, 6) is -2.95. The van der Waals surface area contributed by atoms with Gasteiger partial charge in [0.2, 0.25) is 5.92 Å². The van der Waals surface area contributed by atoms with Gasteiger partial charge in [0.05, 0.1) is 17.7 Å². The number of nitrogens with zero attached hydrogens (tertiary/aromatic N) is 1. The molecule has 0 N–H and O–H groups in total. The highest BCUT2D eigenvalue weighted by molar-refractivity contribution is 6.34. The van der Waals surface area contributed by atoms with E-state index in [4.69, 9.17) is 16.9 Å². The fraction of sp³-hybridized carbons (Fsp3) is 0.250. The number of benzene rings is 1. The predicted molar refractivity (Wildman–Crippen MR) is 61.5 cm³/mol. The fourth-order valence-electron chi connectivity index (χ4n) is 1.26. The maximum absolute atomic E-state index is 11.9. The van der Waals surface area contributed by atoms with E-state index in [0.29, 0.717) is 0 Å². The van der Waals surface area contributed by atoms with E-state index < -0.39 is 17.7 Å². The summed E-state index contributed by atoms with van der Waals surface area (Å²) in [5, 5.41) is 9.04. The molecule has 4 nitrogen and oxygen atoms in total. The summed E-state index contributed by atoms with van der Waals surface area (Å²) in [5.41, 5.74) is 0.147. The molecular weight excluding hydrogens is 242 g/mol. The van der Waals surface area contributed by atoms with Crippen molar-refractivity contribution in [1.82, 2.24) is 0 Å². The van der Waals surface area contributed by atoms with Crippen LogP contribution < -0.4 is 0 Å². The van der Waals surface area contributed by atoms with Crippen molar-refractivity contribution in [3.63, 3.8) is 0 Å². The van der Waals surface area contributed by atoms with E-state index in [2.05, 4.69) is 4.74 Å². The second kappa shape index (κ2) is 6.02. The zero-order chi connectivity index (χ0) is 12.8. The molecule has 0 heterocycles. The molecule has 1 atom stereocenters. The highest BCUT2D eigenvalue weighted by atomic mass is 35.5. The van der Waals surface area contributed by atoms with E-state index in [-0.39, 0.29) is 17.2 Å². The number of nitriles is 1. The number of carbonyl (C=O) groups is 2. The molecule has 1 unspecified atom stereocenters. The number of hydrogen-bond acceptors (Lipinski definition) is 4. The molecule has 0 saturated carbocycles. The van der Waals surface area contributed by atoms with Gasteiger partial charge in [0.1, 0.15) is 0 Å². The SMILES string of the molecule is CCOC(=O)C(C#N)C(=O)c1ccccc1Cl. The molecular formula is C12H10ClNO3. The van der Waals surface area contributed by atoms with Gasteiger partial charge in [-0.05, 0) is 19.1 Å². The first-order valence-electron chi connectivity index (χ1n) is 4.96. The Balaban J connectivity index is 3.00. The molecule has 1 aromatic rings. The molecule has 5 heteroatoms. The molecule has 1 rings (SSSR count). The quantitative estimate of drug-likeness (QED) is 0.468. The van der Waals surface area contributed by atoms with E-state index in [1.54, 1.807) is 25.1 Å². The lowest BCUT2D eigenvalue weighted by Crippen LogP contribution is -2.25. The van der Waals surface area contributed by atoms with Crippen LogP contribution in [0.3, 0.4) is 0 Å². The van der Waals surface area contributed by atoms with Gasteiger partial charge < -0.3 is 4.74 Å². The first-order chi connectivity index (χ1) is 8.11. The monoisotopic (exact) mass is 251 g/mol. The van der Waals surface area contributed by atoms with Gasteiger partial charge in [-0.3, -0.25) is 9.59 Å². The molecule has 0 fully saturated rings. The molecule has 0 bridgehead atoms. The van der Waals surface area contributed by atoms with Gasteiger partial charge in [0.15, 0.2) is 5.78 Å². The van der Waals surface area contributed by atoms with Crippen LogP contribution in [0, 0.1) is 17.2 Å². The molecule has 0 saturated heterocycles. The molecule has 0 spiro atoms. The average Bonchev–Trinajstić information content (AvgIpc) is 2.30. The van der Waals surface area contributed by atoms with Crippen molar-refractivity contribution in [2.24, 2.45) is 5.92 Å². The van der Waals surface area contributed by atoms with Gasteiger partial charge >= 0.3 is 5.97 Å². The zero-order valence-electron chi connectivity index (χ0n) is 9.14. The third-order valence-electron chi connectivity index (χ3n) is 2.05. The molecule has 1 aromatic carbocycles. The van der Waals surface area contributed by atoms with Crippen LogP contribution in [-0.4, -0.2) is 18.4 Å². The minimum Gasteiger partial charge on any atom is -0.465 e. The minimum absolute atomic E-state index is 0.118. The van der Waals surface area contributed by atoms with Crippen molar-refractivity contribution in [3.8, 4) is 6.07 Å². The topological polar surface area (TPSA) is 67.2 Å². The Bertz CT molecular complexity index is 479. The van der Waals surface area contributed by atoms with Crippen molar-refractivity contribution in [2.75, 3.05) is 6.61 Å². The zero-order valence-corrected chi connectivity index (χ0v) is 9.90. The van der Waals surface area contributed by atoms with Gasteiger partial charge in [0, 0.05) is 5.56 Å². The van der Waals surface area contributed by atoms with Crippen LogP contribution in [-0.2, 0) is 9.53 Å². The lowest BCUT2D eigenvalue weighted by atomic mass is 9.99. The van der Waals surface area contributed by atoms with Crippen LogP contribution in [0.15, 0.2) is 24.3 Å². The van der Waals surface area contributed by atoms with Crippen LogP contribution in [0.25, 0.3) is 0 Å². The molecule has 0 aliphatic carbocycles. The second-order valence-electron chi connectivity index (χ2n) is 3.16. The van der Waals surface area contributed by atoms with E-state index in [9.17, 15) is 9.59 Å². The lowest BCUT2D eigenvalue weighted by Gasteiger charge is -2.08. The van der Waals surface area contributed by atoms with E-state index in [0.717, 1.165) is 0 Å². The number of carbonyl (C=O) groups excluding carboxylic acids is 2. The molecule has 0 aromatic heterocycles. The average molecular weight is 252 g/mol. The predicted octanol–water partition coefficient (Wildman–Crippen LogP) is 2.23. The minimum atomic E-state index is -1.46. The Morgan fingerprint density at radius 1 is 1.47 bits per heavy atom. The molecule has 0 aliphatic rings. The fourth-order valence-corrected chi connectivity index (χ4v) is 1.49. The van der Waals surface area contributed by atoms with Crippen molar-refractivity contribution in [2.45, 2.75) is 6.92 Å². The number of ether oxygens (including phenoxy) is 1. The highest BCUT2D eigenvalue weighted by Crippen LogP contribution is 2.19. The molecule has 0 aliphatic heterocycles. The van der Waals surface area contributed by atoms with Gasteiger partial charge in [-0.2, -0.15) is 5.26 Å². The number of esters is 1. The Labute approximate surface area is 104 Å². The maximum atomic E-state index is 11.9. The van der Waals surface area contributed by atoms with Gasteiger partial charge in [0.25, 0.3) is 0 Å². The lowest BCUT2D eigenvalue weighted by molar-refractivity contribution is -0.144. The van der Waals surface area contributed by atoms with Crippen molar-refractivity contribution in [3.05, 3.63) is 34.9 Å². The number of hydrogen-bond donors (Lipinski definition) is 0. The Morgan fingerprint density at radius 3 is 2.65 bits per heavy atom. The number of rotatable bonds is 4. The molecule has 88 valence electrons. The number of Topliss-reactive ketones (excluding diaryl/α,β-unsaturated/α-hetero) is 1. The number of halogens is 1. The summed E-state index contributed by atoms with van der Waals surface area (Å²) < 4.78 is 4.65. The molecule has 17 heavy (non-hydrogen) atoms. The summed E-state index contributed by atoms with van der Waals surface area (Å²) in [6.45, 7) is 1.72. The van der Waals surface area contributed by atoms with Crippen LogP contribution >= 0.6 is 11.6 Å². The van der Waals surface area contributed by atoms with E-state index in [1.807, 2.05) is 0 Å². The Kier molecular flexibility index (Phi) is 4.68. The largest absolute Gasteiger partial charge is 0.465 e. The van der Waals surface area contributed by atoms with Crippen LogP contribution in [0.2, 0.25) is 5.02 Å². The van der Waals surface area contributed by atoms with Gasteiger partial charge in [-0.15, -0.1) is 0 Å². The summed E-state index contributed by atoms with van der Waals surface area (Å²) in [7, 11) is 0. The molecule has 0 radical (unpaired) electrons. The second-order valence-corrected chi connectivity index (χ2v) is 3.57. The number of ketones is 1. The summed E-state index contributed by atoms with van der Waals surface area (Å²) >= 11 is 5.82. The van der Waals surface area contributed by atoms with Crippen LogP contribution in [0.5, 0.6) is 0 Å². The van der Waals surface area contributed by atoms with Gasteiger partial charge in [-0.25, -0.2) is 0 Å². The summed E-state index contributed by atoms with van der Waals surface area (Å²) in [6.07, 6.45) is 0. The molecule has 0 amide bonds. The van der Waals surface area contributed by atoms with Crippen LogP contribution in [0.4, 0.5) is 0 Å².